The van der Waals surface area contributed by atoms with Gasteiger partial charge in [-0.05, 0) is 43.1 Å². The Morgan fingerprint density at radius 1 is 0.789 bits per heavy atom. The van der Waals surface area contributed by atoms with Gasteiger partial charge in [-0.3, -0.25) is 14.5 Å². The van der Waals surface area contributed by atoms with Crippen molar-refractivity contribution in [3.05, 3.63) is 60.2 Å². The second-order valence-corrected chi connectivity index (χ2v) is 15.6. The molecule has 1 aromatic rings. The molecule has 0 spiro atoms. The van der Waals surface area contributed by atoms with Gasteiger partial charge in [0.1, 0.15) is 0 Å². The lowest BCUT2D eigenvalue weighted by atomic mass is 10.0. The van der Waals surface area contributed by atoms with Gasteiger partial charge in [0.2, 0.25) is 0 Å². The zero-order valence-corrected chi connectivity index (χ0v) is 25.7. The summed E-state index contributed by atoms with van der Waals surface area (Å²) < 4.78 is 6.89. The summed E-state index contributed by atoms with van der Waals surface area (Å²) in [6.45, 7) is 12.9. The van der Waals surface area contributed by atoms with Gasteiger partial charge in [-0.25, -0.2) is 0 Å². The van der Waals surface area contributed by atoms with Crippen molar-refractivity contribution in [1.82, 2.24) is 4.90 Å². The lowest BCUT2D eigenvalue weighted by Gasteiger charge is -2.37. The van der Waals surface area contributed by atoms with Gasteiger partial charge in [-0.2, -0.15) is 0 Å². The average molecular weight is 540 g/mol. The Bertz CT molecular complexity index is 849. The molecule has 2 amide bonds. The number of imide groups is 1. The SMILES string of the molecule is C=C[C@@H]([C@@H](/C=C/CCCCCCCCCCCCC)O[Si](CC)(CC)CC)N1C(=O)c2ccccc2C1=O. The van der Waals surface area contributed by atoms with E-state index in [0.717, 1.165) is 31.0 Å². The minimum absolute atomic E-state index is 0.250. The van der Waals surface area contributed by atoms with Crippen LogP contribution in [0.25, 0.3) is 0 Å². The summed E-state index contributed by atoms with van der Waals surface area (Å²) in [7, 11) is -1.99. The van der Waals surface area contributed by atoms with E-state index < -0.39 is 14.4 Å². The number of amides is 2. The van der Waals surface area contributed by atoms with E-state index in [1.165, 1.54) is 69.1 Å². The van der Waals surface area contributed by atoms with Gasteiger partial charge in [0, 0.05) is 0 Å². The topological polar surface area (TPSA) is 46.6 Å². The third-order valence-electron chi connectivity index (χ3n) is 8.32. The summed E-state index contributed by atoms with van der Waals surface area (Å²) in [4.78, 5) is 27.9. The molecule has 0 bridgehead atoms. The average Bonchev–Trinajstić information content (AvgIpc) is 3.19. The van der Waals surface area contributed by atoms with Crippen molar-refractivity contribution in [2.45, 2.75) is 135 Å². The van der Waals surface area contributed by atoms with Gasteiger partial charge < -0.3 is 4.43 Å². The number of nitrogens with zero attached hydrogens (tertiary/aromatic N) is 1. The lowest BCUT2D eigenvalue weighted by molar-refractivity contribution is 0.0516. The van der Waals surface area contributed by atoms with Crippen LogP contribution in [0, 0.1) is 0 Å². The van der Waals surface area contributed by atoms with Crippen LogP contribution in [0.5, 0.6) is 0 Å². The largest absolute Gasteiger partial charge is 0.408 e. The smallest absolute Gasteiger partial charge is 0.262 e. The van der Waals surface area contributed by atoms with Crippen LogP contribution in [0.3, 0.4) is 0 Å². The highest BCUT2D eigenvalue weighted by Crippen LogP contribution is 2.31. The van der Waals surface area contributed by atoms with E-state index in [2.05, 4.69) is 46.4 Å². The Morgan fingerprint density at radius 2 is 1.26 bits per heavy atom. The van der Waals surface area contributed by atoms with Crippen LogP contribution in [0.2, 0.25) is 18.1 Å². The predicted molar refractivity (Wildman–Crippen MR) is 163 cm³/mol. The van der Waals surface area contributed by atoms with E-state index in [0.29, 0.717) is 11.1 Å². The van der Waals surface area contributed by atoms with Gasteiger partial charge in [-0.15, -0.1) is 6.58 Å². The Morgan fingerprint density at radius 3 is 1.71 bits per heavy atom. The van der Waals surface area contributed by atoms with Gasteiger partial charge in [0.05, 0.1) is 23.3 Å². The van der Waals surface area contributed by atoms with E-state index >= 15 is 0 Å². The zero-order valence-electron chi connectivity index (χ0n) is 24.7. The Kier molecular flexibility index (Phi) is 14.9. The van der Waals surface area contributed by atoms with Crippen molar-refractivity contribution in [3.8, 4) is 0 Å². The molecule has 2 rings (SSSR count). The molecule has 0 saturated carbocycles. The van der Waals surface area contributed by atoms with Crippen molar-refractivity contribution in [1.29, 1.82) is 0 Å². The number of allylic oxidation sites excluding steroid dienone is 1. The van der Waals surface area contributed by atoms with E-state index in [-0.39, 0.29) is 17.9 Å². The molecule has 4 nitrogen and oxygen atoms in total. The standard InChI is InChI=1S/C33H53NO3Si/c1-6-11-12-13-14-15-16-17-18-19-20-21-22-27-31(37-38(8-3,9-4)10-5)30(7-2)34-32(35)28-25-23-24-26-29(28)33(34)36/h7,22-27,30-31H,2,6,8-21H2,1,3-5H3/b27-22+/t30-,31+/m0/s1. The summed E-state index contributed by atoms with van der Waals surface area (Å²) in [6, 6.07) is 9.59. The normalized spacial score (nSPS) is 15.3. The van der Waals surface area contributed by atoms with Gasteiger partial charge in [0.15, 0.2) is 8.32 Å². The Labute approximate surface area is 234 Å². The number of carbonyl (C=O) groups excluding carboxylic acids is 2. The molecule has 2 atom stereocenters. The van der Waals surface area contributed by atoms with Gasteiger partial charge in [0.25, 0.3) is 11.8 Å². The van der Waals surface area contributed by atoms with Crippen molar-refractivity contribution < 1.29 is 14.0 Å². The number of benzene rings is 1. The molecule has 1 aliphatic rings. The summed E-state index contributed by atoms with van der Waals surface area (Å²) >= 11 is 0. The summed E-state index contributed by atoms with van der Waals surface area (Å²) in [5, 5.41) is 0. The number of fused-ring (bicyclic) bond motifs is 1. The van der Waals surface area contributed by atoms with E-state index in [9.17, 15) is 9.59 Å². The molecule has 0 aromatic heterocycles. The first kappa shape index (κ1) is 32.2. The fourth-order valence-corrected chi connectivity index (χ4v) is 8.33. The maximum absolute atomic E-state index is 13.3. The quantitative estimate of drug-likeness (QED) is 0.0676. The maximum atomic E-state index is 13.3. The minimum atomic E-state index is -1.99. The summed E-state index contributed by atoms with van der Waals surface area (Å²) in [5.41, 5.74) is 0.941. The van der Waals surface area contributed by atoms with Crippen LogP contribution in [0.15, 0.2) is 49.1 Å². The van der Waals surface area contributed by atoms with E-state index in [4.69, 9.17) is 4.43 Å². The van der Waals surface area contributed by atoms with Crippen LogP contribution in [-0.2, 0) is 4.43 Å². The molecule has 0 unspecified atom stereocenters. The van der Waals surface area contributed by atoms with Gasteiger partial charge >= 0.3 is 0 Å². The molecule has 0 N–H and O–H groups in total. The number of hydrogen-bond acceptors (Lipinski definition) is 3. The van der Waals surface area contributed by atoms with Crippen LogP contribution in [0.4, 0.5) is 0 Å². The van der Waals surface area contributed by atoms with Crippen LogP contribution in [0.1, 0.15) is 125 Å². The molecule has 1 heterocycles. The molecule has 1 aromatic carbocycles. The van der Waals surface area contributed by atoms with Crippen molar-refractivity contribution in [3.63, 3.8) is 0 Å². The number of unbranched alkanes of at least 4 members (excludes halogenated alkanes) is 11. The summed E-state index contributed by atoms with van der Waals surface area (Å²) in [5.74, 6) is -0.501. The Hall–Kier alpha value is -1.98. The van der Waals surface area contributed by atoms with Crippen LogP contribution < -0.4 is 0 Å². The molecule has 0 aliphatic carbocycles. The highest BCUT2D eigenvalue weighted by atomic mass is 28.4. The van der Waals surface area contributed by atoms with Crippen molar-refractivity contribution >= 4 is 20.1 Å². The second kappa shape index (κ2) is 17.6. The fraction of sp³-hybridized carbons (Fsp3) is 0.636. The number of rotatable bonds is 21. The first-order valence-electron chi connectivity index (χ1n) is 15.4. The molecule has 5 heteroatoms. The lowest BCUT2D eigenvalue weighted by Crippen LogP contribution is -2.50. The first-order valence-corrected chi connectivity index (χ1v) is 17.9. The number of carbonyl (C=O) groups is 2. The molecule has 212 valence electrons. The molecule has 38 heavy (non-hydrogen) atoms. The third-order valence-corrected chi connectivity index (χ3v) is 13.0. The van der Waals surface area contributed by atoms with E-state index in [1.807, 2.05) is 0 Å². The molecular weight excluding hydrogens is 486 g/mol. The van der Waals surface area contributed by atoms with Crippen LogP contribution in [-0.4, -0.2) is 37.2 Å². The molecule has 1 aliphatic heterocycles. The first-order chi connectivity index (χ1) is 18.5. The molecular formula is C33H53NO3Si. The molecule has 0 fully saturated rings. The zero-order chi connectivity index (χ0) is 27.8. The maximum Gasteiger partial charge on any atom is 0.262 e. The van der Waals surface area contributed by atoms with E-state index in [1.54, 1.807) is 30.3 Å². The summed E-state index contributed by atoms with van der Waals surface area (Å²) in [6.07, 6.45) is 21.3. The highest BCUT2D eigenvalue weighted by Gasteiger charge is 2.43. The highest BCUT2D eigenvalue weighted by molar-refractivity contribution is 6.73. The monoisotopic (exact) mass is 539 g/mol. The van der Waals surface area contributed by atoms with Gasteiger partial charge in [-0.1, -0.05) is 122 Å². The molecule has 0 radical (unpaired) electrons. The second-order valence-electron chi connectivity index (χ2n) is 10.8. The predicted octanol–water partition coefficient (Wildman–Crippen LogP) is 9.48. The fourth-order valence-electron chi connectivity index (χ4n) is 5.53. The van der Waals surface area contributed by atoms with Crippen molar-refractivity contribution in [2.75, 3.05) is 0 Å². The minimum Gasteiger partial charge on any atom is -0.408 e. The van der Waals surface area contributed by atoms with Crippen LogP contribution >= 0.6 is 0 Å². The van der Waals surface area contributed by atoms with Crippen molar-refractivity contribution in [2.24, 2.45) is 0 Å². The third kappa shape index (κ3) is 9.05. The number of hydrogen-bond donors (Lipinski definition) is 0. The Balaban J connectivity index is 1.97. The molecule has 0 saturated heterocycles.